The molecule has 1 aromatic heterocycles. The second-order valence-corrected chi connectivity index (χ2v) is 8.70. The van der Waals surface area contributed by atoms with E-state index in [1.165, 1.54) is 4.88 Å². The first-order valence-corrected chi connectivity index (χ1v) is 9.75. The molecule has 0 spiro atoms. The zero-order chi connectivity index (χ0) is 17.3. The van der Waals surface area contributed by atoms with Gasteiger partial charge in [0.05, 0.1) is 5.56 Å². The van der Waals surface area contributed by atoms with E-state index in [9.17, 15) is 10.1 Å². The van der Waals surface area contributed by atoms with Crippen LogP contribution in [0.15, 0.2) is 0 Å². The van der Waals surface area contributed by atoms with Gasteiger partial charge >= 0.3 is 0 Å². The van der Waals surface area contributed by atoms with Gasteiger partial charge in [0.1, 0.15) is 17.2 Å². The lowest BCUT2D eigenvalue weighted by Crippen LogP contribution is -2.28. The van der Waals surface area contributed by atoms with Crippen molar-refractivity contribution in [3.63, 3.8) is 0 Å². The number of hydrogen-bond donors (Lipinski definition) is 1. The number of ether oxygens (including phenoxy) is 1. The number of fused-ring (bicyclic) bond motifs is 1. The molecule has 1 saturated heterocycles. The summed E-state index contributed by atoms with van der Waals surface area (Å²) in [5.41, 5.74) is 2.15. The fraction of sp³-hybridized carbons (Fsp3) is 0.684. The first-order chi connectivity index (χ1) is 11.5. The third kappa shape index (κ3) is 3.22. The highest BCUT2D eigenvalue weighted by molar-refractivity contribution is 7.16. The predicted molar refractivity (Wildman–Crippen MR) is 96.2 cm³/mol. The summed E-state index contributed by atoms with van der Waals surface area (Å²) in [6.45, 7) is 7.57. The Labute approximate surface area is 148 Å². The molecule has 0 bridgehead atoms. The summed E-state index contributed by atoms with van der Waals surface area (Å²) in [4.78, 5) is 13.6. The van der Waals surface area contributed by atoms with Crippen LogP contribution in [0, 0.1) is 22.7 Å². The standard InChI is InChI=1S/C19H26N2O2S/c1-4-19(2,3)12-7-8-13-14(11-20)18(24-16(13)10-12)21-17(22)15-6-5-9-23-15/h12,15H,4-10H2,1-3H3,(H,21,22). The lowest BCUT2D eigenvalue weighted by atomic mass is 9.69. The summed E-state index contributed by atoms with van der Waals surface area (Å²) < 4.78 is 5.45. The van der Waals surface area contributed by atoms with Crippen LogP contribution in [-0.2, 0) is 22.4 Å². The van der Waals surface area contributed by atoms with Gasteiger partial charge in [0.25, 0.3) is 5.91 Å². The Morgan fingerprint density at radius 3 is 2.88 bits per heavy atom. The highest BCUT2D eigenvalue weighted by Crippen LogP contribution is 2.45. The third-order valence-electron chi connectivity index (χ3n) is 5.85. The summed E-state index contributed by atoms with van der Waals surface area (Å²) in [5.74, 6) is 0.537. The number of hydrogen-bond acceptors (Lipinski definition) is 4. The molecule has 2 heterocycles. The van der Waals surface area contributed by atoms with E-state index in [1.807, 2.05) is 0 Å². The van der Waals surface area contributed by atoms with E-state index in [-0.39, 0.29) is 12.0 Å². The number of nitrogens with zero attached hydrogens (tertiary/aromatic N) is 1. The van der Waals surface area contributed by atoms with Gasteiger partial charge in [0.15, 0.2) is 0 Å². The molecular formula is C19H26N2O2S. The van der Waals surface area contributed by atoms with E-state index in [2.05, 4.69) is 32.2 Å². The number of nitrogens with one attached hydrogen (secondary N) is 1. The van der Waals surface area contributed by atoms with Crippen molar-refractivity contribution in [3.05, 3.63) is 16.0 Å². The third-order valence-corrected chi connectivity index (χ3v) is 7.02. The molecule has 0 saturated carbocycles. The van der Waals surface area contributed by atoms with Gasteiger partial charge in [-0.25, -0.2) is 0 Å². The van der Waals surface area contributed by atoms with Crippen molar-refractivity contribution in [2.45, 2.75) is 65.4 Å². The topological polar surface area (TPSA) is 62.1 Å². The highest BCUT2D eigenvalue weighted by Gasteiger charge is 2.34. The van der Waals surface area contributed by atoms with Crippen molar-refractivity contribution in [2.24, 2.45) is 11.3 Å². The van der Waals surface area contributed by atoms with E-state index in [1.54, 1.807) is 11.3 Å². The van der Waals surface area contributed by atoms with E-state index >= 15 is 0 Å². The Hall–Kier alpha value is -1.38. The van der Waals surface area contributed by atoms with Crippen molar-refractivity contribution in [2.75, 3.05) is 11.9 Å². The molecular weight excluding hydrogens is 320 g/mol. The Kier molecular flexibility index (Phi) is 4.98. The Morgan fingerprint density at radius 2 is 2.25 bits per heavy atom. The molecule has 0 aromatic carbocycles. The van der Waals surface area contributed by atoms with E-state index in [0.29, 0.717) is 23.5 Å². The lowest BCUT2D eigenvalue weighted by Gasteiger charge is -2.36. The molecule has 2 aliphatic rings. The van der Waals surface area contributed by atoms with E-state index in [0.717, 1.165) is 49.1 Å². The lowest BCUT2D eigenvalue weighted by molar-refractivity contribution is -0.124. The molecule has 130 valence electrons. The van der Waals surface area contributed by atoms with Crippen molar-refractivity contribution < 1.29 is 9.53 Å². The maximum absolute atomic E-state index is 12.3. The minimum Gasteiger partial charge on any atom is -0.368 e. The fourth-order valence-electron chi connectivity index (χ4n) is 3.72. The molecule has 1 N–H and O–H groups in total. The van der Waals surface area contributed by atoms with Gasteiger partial charge in [-0.3, -0.25) is 4.79 Å². The summed E-state index contributed by atoms with van der Waals surface area (Å²) in [7, 11) is 0. The Morgan fingerprint density at radius 1 is 1.46 bits per heavy atom. The maximum Gasteiger partial charge on any atom is 0.254 e. The zero-order valence-corrected chi connectivity index (χ0v) is 15.6. The SMILES string of the molecule is CCC(C)(C)C1CCc2c(sc(NC(=O)C3CCCO3)c2C#N)C1. The van der Waals surface area contributed by atoms with Gasteiger partial charge in [0.2, 0.25) is 0 Å². The molecule has 5 heteroatoms. The molecule has 1 aliphatic carbocycles. The molecule has 2 atom stereocenters. The summed E-state index contributed by atoms with van der Waals surface area (Å²) in [6, 6.07) is 2.32. The smallest absolute Gasteiger partial charge is 0.254 e. The summed E-state index contributed by atoms with van der Waals surface area (Å²) in [5, 5.41) is 13.3. The fourth-order valence-corrected chi connectivity index (χ4v) is 5.01. The molecule has 4 nitrogen and oxygen atoms in total. The van der Waals surface area contributed by atoms with Crippen LogP contribution in [0.2, 0.25) is 0 Å². The molecule has 1 aliphatic heterocycles. The number of rotatable bonds is 4. The number of thiophene rings is 1. The monoisotopic (exact) mass is 346 g/mol. The zero-order valence-electron chi connectivity index (χ0n) is 14.8. The van der Waals surface area contributed by atoms with E-state index < -0.39 is 0 Å². The summed E-state index contributed by atoms with van der Waals surface area (Å²) in [6.07, 6.45) is 5.58. The van der Waals surface area contributed by atoms with Crippen molar-refractivity contribution in [1.29, 1.82) is 5.26 Å². The number of anilines is 1. The van der Waals surface area contributed by atoms with Crippen molar-refractivity contribution in [1.82, 2.24) is 0 Å². The van der Waals surface area contributed by atoms with Gasteiger partial charge in [-0.1, -0.05) is 27.2 Å². The van der Waals surface area contributed by atoms with E-state index in [4.69, 9.17) is 4.74 Å². The number of carbonyl (C=O) groups is 1. The van der Waals surface area contributed by atoms with Gasteiger partial charge in [-0.2, -0.15) is 5.26 Å². The quantitative estimate of drug-likeness (QED) is 0.885. The van der Waals surface area contributed by atoms with Crippen LogP contribution in [0.5, 0.6) is 0 Å². The van der Waals surface area contributed by atoms with Crippen LogP contribution < -0.4 is 5.32 Å². The Balaban J connectivity index is 1.81. The molecule has 24 heavy (non-hydrogen) atoms. The van der Waals surface area contributed by atoms with Crippen LogP contribution >= 0.6 is 11.3 Å². The predicted octanol–water partition coefficient (Wildman–Crippen LogP) is 4.28. The minimum absolute atomic E-state index is 0.104. The normalized spacial score (nSPS) is 23.6. The van der Waals surface area contributed by atoms with Crippen LogP contribution in [0.4, 0.5) is 5.00 Å². The minimum atomic E-state index is -0.359. The van der Waals surface area contributed by atoms with Gasteiger partial charge in [-0.05, 0) is 49.0 Å². The molecule has 3 rings (SSSR count). The maximum atomic E-state index is 12.3. The second kappa shape index (κ2) is 6.85. The first-order valence-electron chi connectivity index (χ1n) is 8.93. The van der Waals surface area contributed by atoms with Gasteiger partial charge in [0, 0.05) is 11.5 Å². The molecule has 1 amide bonds. The average Bonchev–Trinajstić information content (AvgIpc) is 3.21. The second-order valence-electron chi connectivity index (χ2n) is 7.59. The largest absolute Gasteiger partial charge is 0.368 e. The van der Waals surface area contributed by atoms with Crippen LogP contribution in [0.3, 0.4) is 0 Å². The molecule has 0 radical (unpaired) electrons. The summed E-state index contributed by atoms with van der Waals surface area (Å²) >= 11 is 1.59. The molecule has 1 aromatic rings. The average molecular weight is 346 g/mol. The highest BCUT2D eigenvalue weighted by atomic mass is 32.1. The number of amides is 1. The van der Waals surface area contributed by atoms with Gasteiger partial charge < -0.3 is 10.1 Å². The molecule has 2 unspecified atom stereocenters. The Bertz CT molecular complexity index is 666. The van der Waals surface area contributed by atoms with Gasteiger partial charge in [-0.15, -0.1) is 11.3 Å². The van der Waals surface area contributed by atoms with Crippen molar-refractivity contribution >= 4 is 22.2 Å². The van der Waals surface area contributed by atoms with Crippen molar-refractivity contribution in [3.8, 4) is 6.07 Å². The first kappa shape index (κ1) is 17.4. The van der Waals surface area contributed by atoms with Crippen LogP contribution in [0.25, 0.3) is 0 Å². The van der Waals surface area contributed by atoms with Crippen LogP contribution in [-0.4, -0.2) is 18.6 Å². The van der Waals surface area contributed by atoms with Crippen LogP contribution in [0.1, 0.15) is 62.5 Å². The molecule has 1 fully saturated rings. The number of carbonyl (C=O) groups excluding carboxylic acids is 1. The number of nitriles is 1.